The van der Waals surface area contributed by atoms with Gasteiger partial charge in [-0.1, -0.05) is 6.07 Å². The molecule has 1 N–H and O–H groups in total. The van der Waals surface area contributed by atoms with Gasteiger partial charge in [-0.15, -0.1) is 0 Å². The first-order chi connectivity index (χ1) is 13.2. The van der Waals surface area contributed by atoms with Crippen LogP contribution in [0.25, 0.3) is 0 Å². The maximum absolute atomic E-state index is 12.4. The summed E-state index contributed by atoms with van der Waals surface area (Å²) < 4.78 is 10.6. The van der Waals surface area contributed by atoms with E-state index in [1.165, 1.54) is 0 Å². The molecule has 1 aromatic carbocycles. The SMILES string of the molecule is O=C(NCc1ccc2c(c1)OCO2)C(=O)N1CCN(c2ncccn2)CC1. The van der Waals surface area contributed by atoms with Crippen LogP contribution in [-0.4, -0.2) is 59.7 Å². The summed E-state index contributed by atoms with van der Waals surface area (Å²) in [6.07, 6.45) is 3.37. The molecule has 0 spiro atoms. The molecule has 9 heteroatoms. The lowest BCUT2D eigenvalue weighted by Gasteiger charge is -2.34. The van der Waals surface area contributed by atoms with Crippen molar-refractivity contribution in [2.45, 2.75) is 6.54 Å². The topological polar surface area (TPSA) is 96.9 Å². The number of anilines is 1. The predicted octanol–water partition coefficient (Wildman–Crippen LogP) is 0.170. The molecule has 1 aromatic heterocycles. The smallest absolute Gasteiger partial charge is 0.312 e. The van der Waals surface area contributed by atoms with Gasteiger partial charge in [-0.3, -0.25) is 9.59 Å². The highest BCUT2D eigenvalue weighted by Crippen LogP contribution is 2.32. The number of nitrogens with one attached hydrogen (secondary N) is 1. The number of hydrogen-bond donors (Lipinski definition) is 1. The minimum Gasteiger partial charge on any atom is -0.454 e. The molecule has 2 amide bonds. The number of carbonyl (C=O) groups is 2. The third kappa shape index (κ3) is 3.76. The Morgan fingerprint density at radius 3 is 2.56 bits per heavy atom. The first kappa shape index (κ1) is 17.1. The lowest BCUT2D eigenvalue weighted by Crippen LogP contribution is -2.52. The number of ether oxygens (including phenoxy) is 2. The van der Waals surface area contributed by atoms with Gasteiger partial charge in [0.2, 0.25) is 12.7 Å². The van der Waals surface area contributed by atoms with Gasteiger partial charge in [0.25, 0.3) is 0 Å². The second-order valence-corrected chi connectivity index (χ2v) is 6.20. The molecule has 1 fully saturated rings. The number of hydrogen-bond acceptors (Lipinski definition) is 7. The van der Waals surface area contributed by atoms with Gasteiger partial charge >= 0.3 is 11.8 Å². The molecule has 140 valence electrons. The zero-order chi connectivity index (χ0) is 18.6. The van der Waals surface area contributed by atoms with E-state index in [-0.39, 0.29) is 13.3 Å². The molecular formula is C18H19N5O4. The van der Waals surface area contributed by atoms with Crippen LogP contribution in [0.2, 0.25) is 0 Å². The van der Waals surface area contributed by atoms with Crippen LogP contribution in [0.15, 0.2) is 36.7 Å². The molecule has 2 aliphatic heterocycles. The second-order valence-electron chi connectivity index (χ2n) is 6.20. The summed E-state index contributed by atoms with van der Waals surface area (Å²) in [6, 6.07) is 7.17. The van der Waals surface area contributed by atoms with E-state index >= 15 is 0 Å². The Kier molecular flexibility index (Phi) is 4.73. The van der Waals surface area contributed by atoms with Crippen molar-refractivity contribution in [2.24, 2.45) is 0 Å². The summed E-state index contributed by atoms with van der Waals surface area (Å²) >= 11 is 0. The van der Waals surface area contributed by atoms with Crippen molar-refractivity contribution in [3.8, 4) is 11.5 Å². The van der Waals surface area contributed by atoms with E-state index < -0.39 is 11.8 Å². The van der Waals surface area contributed by atoms with Gasteiger partial charge < -0.3 is 24.6 Å². The van der Waals surface area contributed by atoms with Crippen LogP contribution in [0.1, 0.15) is 5.56 Å². The van der Waals surface area contributed by atoms with Crippen LogP contribution in [0.3, 0.4) is 0 Å². The highest BCUT2D eigenvalue weighted by Gasteiger charge is 2.26. The Morgan fingerprint density at radius 1 is 1.04 bits per heavy atom. The van der Waals surface area contributed by atoms with Crippen molar-refractivity contribution in [1.82, 2.24) is 20.2 Å². The number of benzene rings is 1. The van der Waals surface area contributed by atoms with Gasteiger partial charge in [-0.25, -0.2) is 9.97 Å². The highest BCUT2D eigenvalue weighted by molar-refractivity contribution is 6.35. The molecule has 0 bridgehead atoms. The first-order valence-electron chi connectivity index (χ1n) is 8.68. The molecule has 9 nitrogen and oxygen atoms in total. The minimum absolute atomic E-state index is 0.198. The Labute approximate surface area is 155 Å². The number of fused-ring (bicyclic) bond motifs is 1. The van der Waals surface area contributed by atoms with Gasteiger partial charge in [-0.05, 0) is 23.8 Å². The van der Waals surface area contributed by atoms with Gasteiger partial charge in [0.05, 0.1) is 0 Å². The third-order valence-corrected chi connectivity index (χ3v) is 4.49. The van der Waals surface area contributed by atoms with Crippen LogP contribution in [0.4, 0.5) is 5.95 Å². The van der Waals surface area contributed by atoms with Gasteiger partial charge in [-0.2, -0.15) is 0 Å². The number of rotatable bonds is 3. The van der Waals surface area contributed by atoms with Crippen molar-refractivity contribution in [3.05, 3.63) is 42.2 Å². The average molecular weight is 369 g/mol. The summed E-state index contributed by atoms with van der Waals surface area (Å²) in [7, 11) is 0. The van der Waals surface area contributed by atoms with Crippen molar-refractivity contribution < 1.29 is 19.1 Å². The van der Waals surface area contributed by atoms with Crippen molar-refractivity contribution in [1.29, 1.82) is 0 Å². The maximum Gasteiger partial charge on any atom is 0.312 e. The second kappa shape index (κ2) is 7.48. The van der Waals surface area contributed by atoms with Crippen LogP contribution in [0, 0.1) is 0 Å². The Morgan fingerprint density at radius 2 is 1.78 bits per heavy atom. The highest BCUT2D eigenvalue weighted by atomic mass is 16.7. The van der Waals surface area contributed by atoms with E-state index in [9.17, 15) is 9.59 Å². The molecule has 0 aliphatic carbocycles. The van der Waals surface area contributed by atoms with Crippen LogP contribution >= 0.6 is 0 Å². The molecule has 0 radical (unpaired) electrons. The number of piperazine rings is 1. The maximum atomic E-state index is 12.4. The van der Waals surface area contributed by atoms with E-state index in [4.69, 9.17) is 9.47 Å². The summed E-state index contributed by atoms with van der Waals surface area (Å²) in [5, 5.41) is 2.67. The van der Waals surface area contributed by atoms with Crippen molar-refractivity contribution in [3.63, 3.8) is 0 Å². The van der Waals surface area contributed by atoms with E-state index in [2.05, 4.69) is 15.3 Å². The fourth-order valence-electron chi connectivity index (χ4n) is 3.02. The van der Waals surface area contributed by atoms with Gasteiger partial charge in [0.15, 0.2) is 11.5 Å². The van der Waals surface area contributed by atoms with Crippen LogP contribution in [-0.2, 0) is 16.1 Å². The van der Waals surface area contributed by atoms with Gasteiger partial charge in [0.1, 0.15) is 0 Å². The third-order valence-electron chi connectivity index (χ3n) is 4.49. The molecular weight excluding hydrogens is 350 g/mol. The first-order valence-corrected chi connectivity index (χ1v) is 8.68. The predicted molar refractivity (Wildman–Crippen MR) is 95.2 cm³/mol. The molecule has 3 heterocycles. The average Bonchev–Trinajstić information content (AvgIpc) is 3.20. The molecule has 0 atom stereocenters. The molecule has 2 aliphatic rings. The van der Waals surface area contributed by atoms with E-state index in [0.29, 0.717) is 43.6 Å². The number of aromatic nitrogens is 2. The zero-order valence-electron chi connectivity index (χ0n) is 14.6. The molecule has 0 saturated carbocycles. The molecule has 27 heavy (non-hydrogen) atoms. The van der Waals surface area contributed by atoms with Crippen molar-refractivity contribution in [2.75, 3.05) is 37.9 Å². The molecule has 4 rings (SSSR count). The quantitative estimate of drug-likeness (QED) is 0.771. The Bertz CT molecular complexity index is 837. The van der Waals surface area contributed by atoms with Gasteiger partial charge in [0, 0.05) is 45.1 Å². The van der Waals surface area contributed by atoms with Crippen LogP contribution < -0.4 is 19.7 Å². The molecule has 1 saturated heterocycles. The monoisotopic (exact) mass is 369 g/mol. The summed E-state index contributed by atoms with van der Waals surface area (Å²) in [6.45, 7) is 2.53. The molecule has 0 unspecified atom stereocenters. The summed E-state index contributed by atoms with van der Waals surface area (Å²) in [5.74, 6) is 0.826. The standard InChI is InChI=1S/C18H19N5O4/c24-16(21-11-13-2-3-14-15(10-13)27-12-26-14)17(25)22-6-8-23(9-7-22)18-19-4-1-5-20-18/h1-5,10H,6-9,11-12H2,(H,21,24). The fraction of sp³-hybridized carbons (Fsp3) is 0.333. The lowest BCUT2D eigenvalue weighted by atomic mass is 10.2. The normalized spacial score (nSPS) is 15.6. The largest absolute Gasteiger partial charge is 0.454 e. The minimum atomic E-state index is -0.614. The summed E-state index contributed by atoms with van der Waals surface area (Å²) in [5.41, 5.74) is 0.839. The summed E-state index contributed by atoms with van der Waals surface area (Å²) in [4.78, 5) is 36.5. The fourth-order valence-corrected chi connectivity index (χ4v) is 3.02. The number of amides is 2. The number of nitrogens with zero attached hydrogens (tertiary/aromatic N) is 4. The Balaban J connectivity index is 1.28. The van der Waals surface area contributed by atoms with E-state index in [1.807, 2.05) is 11.0 Å². The van der Waals surface area contributed by atoms with Crippen LogP contribution in [0.5, 0.6) is 11.5 Å². The van der Waals surface area contributed by atoms with Crippen molar-refractivity contribution >= 4 is 17.8 Å². The molecule has 2 aromatic rings. The number of carbonyl (C=O) groups excluding carboxylic acids is 2. The Hall–Kier alpha value is -3.36. The lowest BCUT2D eigenvalue weighted by molar-refractivity contribution is -0.146. The van der Waals surface area contributed by atoms with E-state index in [1.54, 1.807) is 35.5 Å². The van der Waals surface area contributed by atoms with E-state index in [0.717, 1.165) is 5.56 Å². The zero-order valence-corrected chi connectivity index (χ0v) is 14.6.